The fourth-order valence-corrected chi connectivity index (χ4v) is 6.50. The lowest BCUT2D eigenvalue weighted by atomic mass is 9.78. The molecule has 0 saturated carbocycles. The summed E-state index contributed by atoms with van der Waals surface area (Å²) in [7, 11) is 1.47. The standard InChI is InChI=1S/C44H76BrNO16/c1-7-10-11-12-13-14-15-16-17-18-21-58-39(48)35(32-37(45)41(50)60-29-30-62-43(52)46-19-22-57-38(47)9-3)31-36(40(49)59-27-25-55-24-23-54-20-8-2)33-44(4,5)42(51)61-28-26-56-34-53-6/h9,35-37H,3,7-8,10-34H2,1-2,4-6H3,(H,46,52). The Hall–Kier alpha value is -3.32. The molecular weight excluding hydrogens is 878 g/mol. The summed E-state index contributed by atoms with van der Waals surface area (Å²) in [6.07, 6.45) is 11.8. The van der Waals surface area contributed by atoms with E-state index in [-0.39, 0.29) is 85.5 Å². The van der Waals surface area contributed by atoms with Crippen LogP contribution in [0.1, 0.15) is 118 Å². The number of unbranched alkanes of at least 4 members (excludes halogenated alkanes) is 9. The van der Waals surface area contributed by atoms with Crippen LogP contribution in [-0.4, -0.2) is 134 Å². The second kappa shape index (κ2) is 39.3. The number of esters is 5. The van der Waals surface area contributed by atoms with E-state index in [2.05, 4.69) is 34.7 Å². The molecule has 0 fully saturated rings. The van der Waals surface area contributed by atoms with Gasteiger partial charge in [-0.3, -0.25) is 19.2 Å². The Balaban J connectivity index is 5.77. The molecular formula is C44H76BrNO16. The third-order valence-electron chi connectivity index (χ3n) is 9.23. The number of amides is 1. The van der Waals surface area contributed by atoms with E-state index in [1.807, 2.05) is 6.92 Å². The van der Waals surface area contributed by atoms with Crippen LogP contribution in [0.3, 0.4) is 0 Å². The molecule has 0 aliphatic carbocycles. The first-order valence-electron chi connectivity index (χ1n) is 22.1. The fraction of sp³-hybridized carbons (Fsp3) is 0.818. The van der Waals surface area contributed by atoms with Gasteiger partial charge in [0, 0.05) is 19.8 Å². The number of methoxy groups -OCH3 is 1. The van der Waals surface area contributed by atoms with E-state index in [1.165, 1.54) is 45.6 Å². The van der Waals surface area contributed by atoms with Gasteiger partial charge in [0.15, 0.2) is 0 Å². The van der Waals surface area contributed by atoms with Crippen molar-refractivity contribution >= 4 is 51.9 Å². The van der Waals surface area contributed by atoms with Crippen LogP contribution in [0.4, 0.5) is 4.79 Å². The topological polar surface area (TPSA) is 207 Å². The number of carbonyl (C=O) groups is 6. The number of halogens is 1. The summed E-state index contributed by atoms with van der Waals surface area (Å²) in [5.41, 5.74) is -1.20. The van der Waals surface area contributed by atoms with Crippen LogP contribution < -0.4 is 5.32 Å². The molecule has 360 valence electrons. The lowest BCUT2D eigenvalue weighted by Gasteiger charge is -2.29. The first-order valence-corrected chi connectivity index (χ1v) is 23.0. The van der Waals surface area contributed by atoms with E-state index >= 15 is 0 Å². The maximum atomic E-state index is 13.8. The molecule has 1 N–H and O–H groups in total. The van der Waals surface area contributed by atoms with Crippen molar-refractivity contribution in [2.75, 3.05) is 93.1 Å². The Labute approximate surface area is 377 Å². The normalized spacial score (nSPS) is 12.7. The lowest BCUT2D eigenvalue weighted by molar-refractivity contribution is -0.161. The van der Waals surface area contributed by atoms with Gasteiger partial charge < -0.3 is 52.7 Å². The summed E-state index contributed by atoms with van der Waals surface area (Å²) in [4.78, 5) is 75.8. The van der Waals surface area contributed by atoms with Crippen LogP contribution in [0.25, 0.3) is 0 Å². The Morgan fingerprint density at radius 2 is 1.11 bits per heavy atom. The van der Waals surface area contributed by atoms with Crippen molar-refractivity contribution in [3.05, 3.63) is 12.7 Å². The van der Waals surface area contributed by atoms with Gasteiger partial charge in [-0.1, -0.05) is 94.1 Å². The molecule has 0 aliphatic rings. The molecule has 0 aromatic carbocycles. The van der Waals surface area contributed by atoms with E-state index in [0.717, 1.165) is 31.8 Å². The number of alkyl halides is 1. The molecule has 0 spiro atoms. The zero-order chi connectivity index (χ0) is 46.3. The molecule has 0 aromatic rings. The van der Waals surface area contributed by atoms with Crippen LogP contribution in [-0.2, 0) is 71.3 Å². The van der Waals surface area contributed by atoms with Gasteiger partial charge in [0.1, 0.15) is 44.7 Å². The zero-order valence-corrected chi connectivity index (χ0v) is 39.6. The van der Waals surface area contributed by atoms with E-state index in [1.54, 1.807) is 13.8 Å². The highest BCUT2D eigenvalue weighted by Gasteiger charge is 2.39. The molecule has 0 saturated heterocycles. The Bertz CT molecular complexity index is 1240. The summed E-state index contributed by atoms with van der Waals surface area (Å²) in [6, 6.07) is 0. The smallest absolute Gasteiger partial charge is 0.407 e. The highest BCUT2D eigenvalue weighted by Crippen LogP contribution is 2.34. The molecule has 0 aliphatic heterocycles. The average molecular weight is 955 g/mol. The molecule has 0 heterocycles. The monoisotopic (exact) mass is 953 g/mol. The molecule has 3 unspecified atom stereocenters. The molecule has 0 aromatic heterocycles. The quantitative estimate of drug-likeness (QED) is 0.0167. The summed E-state index contributed by atoms with van der Waals surface area (Å²) in [5, 5.41) is 2.39. The number of hydrogen-bond acceptors (Lipinski definition) is 16. The largest absolute Gasteiger partial charge is 0.465 e. The minimum absolute atomic E-state index is 0.00255. The minimum Gasteiger partial charge on any atom is -0.465 e. The third kappa shape index (κ3) is 32.4. The third-order valence-corrected chi connectivity index (χ3v) is 9.98. The average Bonchev–Trinajstić information content (AvgIpc) is 3.25. The highest BCUT2D eigenvalue weighted by molar-refractivity contribution is 9.10. The predicted molar refractivity (Wildman–Crippen MR) is 233 cm³/mol. The number of rotatable bonds is 41. The van der Waals surface area contributed by atoms with E-state index in [0.29, 0.717) is 26.2 Å². The van der Waals surface area contributed by atoms with Crippen molar-refractivity contribution in [2.24, 2.45) is 17.3 Å². The molecule has 0 bridgehead atoms. The van der Waals surface area contributed by atoms with Crippen molar-refractivity contribution in [2.45, 2.75) is 122 Å². The Morgan fingerprint density at radius 1 is 0.581 bits per heavy atom. The maximum absolute atomic E-state index is 13.8. The van der Waals surface area contributed by atoms with Crippen molar-refractivity contribution in [3.8, 4) is 0 Å². The fourth-order valence-electron chi connectivity index (χ4n) is 5.92. The Morgan fingerprint density at radius 3 is 1.76 bits per heavy atom. The summed E-state index contributed by atoms with van der Waals surface area (Å²) in [6.45, 7) is 11.7. The van der Waals surface area contributed by atoms with Gasteiger partial charge in [-0.15, -0.1) is 0 Å². The molecule has 3 atom stereocenters. The van der Waals surface area contributed by atoms with Crippen LogP contribution in [0.2, 0.25) is 0 Å². The van der Waals surface area contributed by atoms with Gasteiger partial charge in [-0.25, -0.2) is 9.59 Å². The van der Waals surface area contributed by atoms with Crippen LogP contribution >= 0.6 is 15.9 Å². The number of carbonyl (C=O) groups excluding carboxylic acids is 6. The van der Waals surface area contributed by atoms with Gasteiger partial charge in [0.25, 0.3) is 0 Å². The second-order valence-corrected chi connectivity index (χ2v) is 16.3. The first-order chi connectivity index (χ1) is 29.8. The van der Waals surface area contributed by atoms with Crippen molar-refractivity contribution in [1.29, 1.82) is 0 Å². The molecule has 1 amide bonds. The lowest BCUT2D eigenvalue weighted by Crippen LogP contribution is -2.36. The van der Waals surface area contributed by atoms with Gasteiger partial charge in [0.2, 0.25) is 0 Å². The van der Waals surface area contributed by atoms with Crippen molar-refractivity contribution in [3.63, 3.8) is 0 Å². The van der Waals surface area contributed by atoms with E-state index in [4.69, 9.17) is 47.4 Å². The van der Waals surface area contributed by atoms with Crippen LogP contribution in [0.15, 0.2) is 12.7 Å². The van der Waals surface area contributed by atoms with E-state index in [9.17, 15) is 28.8 Å². The summed E-state index contributed by atoms with van der Waals surface area (Å²) >= 11 is 3.34. The summed E-state index contributed by atoms with van der Waals surface area (Å²) < 4.78 is 52.8. The van der Waals surface area contributed by atoms with Gasteiger partial charge in [-0.05, 0) is 46.0 Å². The van der Waals surface area contributed by atoms with Gasteiger partial charge >= 0.3 is 35.9 Å². The zero-order valence-electron chi connectivity index (χ0n) is 38.0. The SMILES string of the molecule is C=CC(=O)OCCNC(=O)OCCOC(=O)C(Br)CC(CC(CC(C)(C)C(=O)OCCOCOC)C(=O)OCCOCCOCCC)C(=O)OCCCCCCCCCCCC. The molecule has 0 rings (SSSR count). The Kier molecular flexibility index (Phi) is 37.2. The van der Waals surface area contributed by atoms with E-state index < -0.39 is 58.0 Å². The van der Waals surface area contributed by atoms with Crippen LogP contribution in [0, 0.1) is 17.3 Å². The number of ether oxygens (including phenoxy) is 10. The van der Waals surface area contributed by atoms with Crippen molar-refractivity contribution in [1.82, 2.24) is 5.32 Å². The molecule has 18 heteroatoms. The molecule has 62 heavy (non-hydrogen) atoms. The number of nitrogens with one attached hydrogen (secondary N) is 1. The summed E-state index contributed by atoms with van der Waals surface area (Å²) in [5.74, 6) is -5.21. The van der Waals surface area contributed by atoms with Gasteiger partial charge in [0.05, 0.1) is 56.8 Å². The van der Waals surface area contributed by atoms with Crippen molar-refractivity contribution < 1.29 is 76.1 Å². The number of alkyl carbamates (subject to hydrolysis) is 1. The maximum Gasteiger partial charge on any atom is 0.407 e. The number of hydrogen-bond donors (Lipinski definition) is 1. The predicted octanol–water partition coefficient (Wildman–Crippen LogP) is 6.79. The van der Waals surface area contributed by atoms with Gasteiger partial charge in [-0.2, -0.15) is 0 Å². The molecule has 17 nitrogen and oxygen atoms in total. The highest BCUT2D eigenvalue weighted by atomic mass is 79.9. The van der Waals surface area contributed by atoms with Crippen LogP contribution in [0.5, 0.6) is 0 Å². The first kappa shape index (κ1) is 58.7. The molecule has 0 radical (unpaired) electrons. The second-order valence-electron chi connectivity index (χ2n) is 15.2. The minimum atomic E-state index is -1.20.